The molecule has 10 heteroatoms. The molecule has 0 spiro atoms. The summed E-state index contributed by atoms with van der Waals surface area (Å²) in [5.41, 5.74) is 14.1. The zero-order chi connectivity index (χ0) is 35.8. The molecule has 4 N–H and O–H groups in total. The van der Waals surface area contributed by atoms with Crippen molar-refractivity contribution in [2.45, 2.75) is 51.1 Å². The molecule has 8 nitrogen and oxygen atoms in total. The molecule has 1 amide bonds. The number of hydrogen-bond donors (Lipinski definition) is 3. The summed E-state index contributed by atoms with van der Waals surface area (Å²) in [5.74, 6) is -0.277. The van der Waals surface area contributed by atoms with Crippen LogP contribution in [0.5, 0.6) is 0 Å². The lowest BCUT2D eigenvalue weighted by molar-refractivity contribution is 0.102. The number of aromatic amines is 1. The molecule has 0 bridgehead atoms. The van der Waals surface area contributed by atoms with Crippen LogP contribution in [0.15, 0.2) is 97.3 Å². The first kappa shape index (κ1) is 34.3. The van der Waals surface area contributed by atoms with Gasteiger partial charge in [0.15, 0.2) is 0 Å². The fraction of sp³-hybridized carbons (Fsp3) is 0.286. The molecule has 1 aliphatic heterocycles. The predicted molar refractivity (Wildman–Crippen MR) is 215 cm³/mol. The minimum Gasteiger partial charge on any atom is -0.399 e. The van der Waals surface area contributed by atoms with Crippen LogP contribution in [0.25, 0.3) is 33.4 Å². The van der Waals surface area contributed by atoms with Crippen LogP contribution < -0.4 is 16.0 Å². The monoisotopic (exact) mass is 731 g/mol. The molecule has 3 heterocycles. The Morgan fingerprint density at radius 2 is 1.62 bits per heavy atom. The van der Waals surface area contributed by atoms with E-state index in [9.17, 15) is 4.79 Å². The second kappa shape index (κ2) is 14.7. The Kier molecular flexibility index (Phi) is 9.70. The Hall–Kier alpha value is -4.76. The highest BCUT2D eigenvalue weighted by molar-refractivity contribution is 6.31. The number of aromatic nitrogens is 3. The van der Waals surface area contributed by atoms with Crippen molar-refractivity contribution in [3.63, 3.8) is 0 Å². The fourth-order valence-electron chi connectivity index (χ4n) is 8.09. The molecule has 8 rings (SSSR count). The van der Waals surface area contributed by atoms with Crippen molar-refractivity contribution in [3.8, 4) is 22.5 Å². The molecule has 2 aliphatic rings. The highest BCUT2D eigenvalue weighted by Gasteiger charge is 2.30. The standard InChI is InChI=1S/C42H43Cl2N7O/c1-27(28-12-14-30(43)15-13-28)51-26-46-39(29-8-4-2-5-9-29)41(51)38-34-18-16-31(44)24-35(34)47-40(38)42(52)48-36-25-32(45)17-19-37(36)50-22-20-49(21-23-50)33-10-6-3-7-11-33/h2,4-5,8-9,12-19,24-27,33,47H,3,6-7,10-11,20-23,45H2,1H3,(H,48,52)/t27-/m0/s1. The first-order valence-corrected chi connectivity index (χ1v) is 19.0. The number of carbonyl (C=O) groups is 1. The molecular formula is C42H43Cl2N7O. The van der Waals surface area contributed by atoms with Gasteiger partial charge in [0.2, 0.25) is 0 Å². The number of anilines is 3. The summed E-state index contributed by atoms with van der Waals surface area (Å²) >= 11 is 12.8. The van der Waals surface area contributed by atoms with Crippen molar-refractivity contribution in [3.05, 3.63) is 119 Å². The number of rotatable bonds is 8. The number of amides is 1. The highest BCUT2D eigenvalue weighted by atomic mass is 35.5. The second-order valence-electron chi connectivity index (χ2n) is 14.1. The molecule has 1 saturated carbocycles. The number of carbonyl (C=O) groups excluding carboxylic acids is 1. The van der Waals surface area contributed by atoms with Crippen molar-refractivity contribution in [1.82, 2.24) is 19.4 Å². The quantitative estimate of drug-likeness (QED) is 0.136. The van der Waals surface area contributed by atoms with E-state index in [0.717, 1.165) is 70.8 Å². The van der Waals surface area contributed by atoms with Crippen LogP contribution in [0.3, 0.4) is 0 Å². The number of nitrogens with one attached hydrogen (secondary N) is 2. The van der Waals surface area contributed by atoms with Crippen molar-refractivity contribution in [2.24, 2.45) is 0 Å². The molecule has 4 aromatic carbocycles. The fourth-order valence-corrected chi connectivity index (χ4v) is 8.38. The third-order valence-electron chi connectivity index (χ3n) is 10.8. The maximum absolute atomic E-state index is 14.7. The maximum atomic E-state index is 14.7. The lowest BCUT2D eigenvalue weighted by atomic mass is 9.94. The van der Waals surface area contributed by atoms with Crippen LogP contribution in [0.4, 0.5) is 17.1 Å². The largest absolute Gasteiger partial charge is 0.399 e. The van der Waals surface area contributed by atoms with Crippen molar-refractivity contribution < 1.29 is 4.79 Å². The smallest absolute Gasteiger partial charge is 0.272 e. The number of hydrogen-bond acceptors (Lipinski definition) is 5. The van der Waals surface area contributed by atoms with E-state index in [1.807, 2.05) is 97.3 Å². The van der Waals surface area contributed by atoms with Gasteiger partial charge in [0.1, 0.15) is 5.69 Å². The minimum atomic E-state index is -0.277. The predicted octanol–water partition coefficient (Wildman–Crippen LogP) is 9.90. The average Bonchev–Trinajstić information content (AvgIpc) is 3.77. The van der Waals surface area contributed by atoms with E-state index in [2.05, 4.69) is 31.6 Å². The normalized spacial score (nSPS) is 16.3. The minimum absolute atomic E-state index is 0.127. The molecule has 1 saturated heterocycles. The average molecular weight is 733 g/mol. The lowest BCUT2D eigenvalue weighted by Gasteiger charge is -2.42. The number of halogens is 2. The van der Waals surface area contributed by atoms with Crippen LogP contribution in [0.2, 0.25) is 10.0 Å². The third kappa shape index (κ3) is 6.78. The van der Waals surface area contributed by atoms with Crippen LogP contribution in [-0.2, 0) is 0 Å². The Morgan fingerprint density at radius 3 is 2.37 bits per heavy atom. The van der Waals surface area contributed by atoms with Crippen molar-refractivity contribution in [1.29, 1.82) is 0 Å². The van der Waals surface area contributed by atoms with Gasteiger partial charge in [-0.05, 0) is 67.8 Å². The van der Waals surface area contributed by atoms with Gasteiger partial charge in [-0.1, -0.05) is 91.0 Å². The summed E-state index contributed by atoms with van der Waals surface area (Å²) in [6, 6.07) is 30.0. The molecule has 1 atom stereocenters. The Balaban J connectivity index is 1.20. The van der Waals surface area contributed by atoms with Crippen molar-refractivity contribution >= 4 is 57.1 Å². The zero-order valence-corrected chi connectivity index (χ0v) is 30.8. The summed E-state index contributed by atoms with van der Waals surface area (Å²) in [6.45, 7) is 5.92. The summed E-state index contributed by atoms with van der Waals surface area (Å²) in [4.78, 5) is 28.2. The van der Waals surface area contributed by atoms with Crippen LogP contribution in [-0.4, -0.2) is 57.6 Å². The number of fused-ring (bicyclic) bond motifs is 1. The number of piperazine rings is 1. The van der Waals surface area contributed by atoms with Gasteiger partial charge in [-0.2, -0.15) is 0 Å². The van der Waals surface area contributed by atoms with E-state index in [1.165, 1.54) is 32.1 Å². The van der Waals surface area contributed by atoms with E-state index in [1.54, 1.807) is 0 Å². The van der Waals surface area contributed by atoms with Gasteiger partial charge in [0.25, 0.3) is 5.91 Å². The summed E-state index contributed by atoms with van der Waals surface area (Å²) in [6.07, 6.45) is 8.46. The van der Waals surface area contributed by atoms with Gasteiger partial charge >= 0.3 is 0 Å². The van der Waals surface area contributed by atoms with E-state index >= 15 is 0 Å². The van der Waals surface area contributed by atoms with Gasteiger partial charge in [-0.25, -0.2) is 4.98 Å². The SMILES string of the molecule is C[C@@H](c1ccc(Cl)cc1)n1cnc(-c2ccccc2)c1-c1c(C(=O)Nc2cc(N)ccc2N2CCN(C3CCCCC3)CC2)[nH]c2cc(Cl)ccc12. The van der Waals surface area contributed by atoms with Gasteiger partial charge in [-0.3, -0.25) is 9.69 Å². The van der Waals surface area contributed by atoms with Crippen LogP contribution >= 0.6 is 23.2 Å². The van der Waals surface area contributed by atoms with Crippen molar-refractivity contribution in [2.75, 3.05) is 42.1 Å². The second-order valence-corrected chi connectivity index (χ2v) is 14.9. The molecule has 0 unspecified atom stereocenters. The molecular weight excluding hydrogens is 689 g/mol. The summed E-state index contributed by atoms with van der Waals surface area (Å²) < 4.78 is 2.14. The van der Waals surface area contributed by atoms with Crippen LogP contribution in [0.1, 0.15) is 61.1 Å². The van der Waals surface area contributed by atoms with E-state index in [0.29, 0.717) is 33.2 Å². The van der Waals surface area contributed by atoms with E-state index in [-0.39, 0.29) is 11.9 Å². The van der Waals surface area contributed by atoms with Gasteiger partial charge in [-0.15, -0.1) is 0 Å². The molecule has 2 aromatic heterocycles. The lowest BCUT2D eigenvalue weighted by Crippen LogP contribution is -2.51. The number of H-pyrrole nitrogens is 1. The Bertz CT molecular complexity index is 2200. The first-order valence-electron chi connectivity index (χ1n) is 18.2. The highest BCUT2D eigenvalue weighted by Crippen LogP contribution is 2.42. The summed E-state index contributed by atoms with van der Waals surface area (Å²) in [7, 11) is 0. The first-order chi connectivity index (χ1) is 25.3. The maximum Gasteiger partial charge on any atom is 0.272 e. The number of nitrogen functional groups attached to an aromatic ring is 1. The number of imidazole rings is 1. The van der Waals surface area contributed by atoms with Gasteiger partial charge in [0.05, 0.1) is 35.1 Å². The molecule has 52 heavy (non-hydrogen) atoms. The Morgan fingerprint density at radius 1 is 0.885 bits per heavy atom. The Labute approximate surface area is 314 Å². The molecule has 0 radical (unpaired) electrons. The van der Waals surface area contributed by atoms with E-state index in [4.69, 9.17) is 33.9 Å². The van der Waals surface area contributed by atoms with Gasteiger partial charge < -0.3 is 25.5 Å². The molecule has 266 valence electrons. The van der Waals surface area contributed by atoms with Crippen LogP contribution in [0, 0.1) is 0 Å². The molecule has 1 aliphatic carbocycles. The zero-order valence-electron chi connectivity index (χ0n) is 29.3. The molecule has 6 aromatic rings. The third-order valence-corrected chi connectivity index (χ3v) is 11.3. The van der Waals surface area contributed by atoms with E-state index < -0.39 is 0 Å². The topological polar surface area (TPSA) is 95.2 Å². The van der Waals surface area contributed by atoms with Gasteiger partial charge in [0, 0.05) is 70.0 Å². The molecule has 2 fully saturated rings. The number of nitrogens with two attached hydrogens (primary N) is 1. The number of benzene rings is 4. The number of nitrogens with zero attached hydrogens (tertiary/aromatic N) is 4. The summed E-state index contributed by atoms with van der Waals surface area (Å²) in [5, 5.41) is 5.39.